The molecule has 160 valence electrons. The van der Waals surface area contributed by atoms with E-state index in [0.717, 1.165) is 28.3 Å². The highest BCUT2D eigenvalue weighted by Crippen LogP contribution is 2.39. The zero-order chi connectivity index (χ0) is 21.9. The van der Waals surface area contributed by atoms with Crippen LogP contribution in [0.2, 0.25) is 0 Å². The standard InChI is InChI=1S/C25H23N5OS/c1-30(2)19-14-12-18(13-15-19)23-26-21-11-7-6-10-20(21)22-24(31-23)27-25(29-28-22)32-16-17-8-4-3-5-9-17/h3-15,23,26H,16H2,1-2H3. The maximum atomic E-state index is 6.37. The first-order chi connectivity index (χ1) is 15.7. The van der Waals surface area contributed by atoms with Crippen LogP contribution in [0.1, 0.15) is 17.4 Å². The first-order valence-corrected chi connectivity index (χ1v) is 11.4. The van der Waals surface area contributed by atoms with E-state index in [1.807, 2.05) is 56.6 Å². The van der Waals surface area contributed by atoms with Crippen molar-refractivity contribution >= 4 is 23.1 Å². The fourth-order valence-corrected chi connectivity index (χ4v) is 4.26. The Morgan fingerprint density at radius 1 is 0.906 bits per heavy atom. The first-order valence-electron chi connectivity index (χ1n) is 10.4. The van der Waals surface area contributed by atoms with Crippen molar-refractivity contribution in [2.24, 2.45) is 0 Å². The van der Waals surface area contributed by atoms with Gasteiger partial charge in [-0.3, -0.25) is 0 Å². The normalized spacial score (nSPS) is 14.4. The molecule has 1 aromatic heterocycles. The highest BCUT2D eigenvalue weighted by atomic mass is 32.2. The molecule has 0 saturated heterocycles. The molecule has 2 heterocycles. The van der Waals surface area contributed by atoms with E-state index in [4.69, 9.17) is 9.72 Å². The molecular weight excluding hydrogens is 418 g/mol. The van der Waals surface area contributed by atoms with E-state index in [-0.39, 0.29) is 0 Å². The predicted octanol–water partition coefficient (Wildman–Crippen LogP) is 5.40. The Morgan fingerprint density at radius 2 is 1.66 bits per heavy atom. The summed E-state index contributed by atoms with van der Waals surface area (Å²) in [5.41, 5.74) is 5.86. The van der Waals surface area contributed by atoms with Crippen LogP contribution in [0.25, 0.3) is 11.3 Å². The van der Waals surface area contributed by atoms with Gasteiger partial charge in [0.25, 0.3) is 0 Å². The first kappa shape index (κ1) is 20.3. The number of rotatable bonds is 5. The van der Waals surface area contributed by atoms with Gasteiger partial charge in [-0.15, -0.1) is 10.2 Å². The van der Waals surface area contributed by atoms with E-state index < -0.39 is 6.23 Å². The SMILES string of the molecule is CN(C)c1ccc(C2Nc3ccccc3-c3nnc(SCc4ccccc4)nc3O2)cc1. The molecule has 0 saturated carbocycles. The minimum Gasteiger partial charge on any atom is -0.448 e. The largest absolute Gasteiger partial charge is 0.448 e. The third kappa shape index (κ3) is 4.24. The number of hydrogen-bond donors (Lipinski definition) is 1. The Balaban J connectivity index is 1.48. The van der Waals surface area contributed by atoms with Crippen molar-refractivity contribution in [2.45, 2.75) is 17.1 Å². The summed E-state index contributed by atoms with van der Waals surface area (Å²) in [7, 11) is 4.05. The topological polar surface area (TPSA) is 63.2 Å². The second-order valence-electron chi connectivity index (χ2n) is 7.70. The molecular formula is C25H23N5OS. The lowest BCUT2D eigenvalue weighted by molar-refractivity contribution is 0.225. The predicted molar refractivity (Wildman–Crippen MR) is 129 cm³/mol. The van der Waals surface area contributed by atoms with E-state index in [9.17, 15) is 0 Å². The van der Waals surface area contributed by atoms with E-state index in [1.165, 1.54) is 5.56 Å². The molecule has 0 amide bonds. The monoisotopic (exact) mass is 441 g/mol. The van der Waals surface area contributed by atoms with Gasteiger partial charge >= 0.3 is 0 Å². The Hall–Kier alpha value is -3.58. The van der Waals surface area contributed by atoms with Crippen molar-refractivity contribution in [1.82, 2.24) is 15.2 Å². The summed E-state index contributed by atoms with van der Waals surface area (Å²) in [5, 5.41) is 12.9. The van der Waals surface area contributed by atoms with Crippen LogP contribution in [-0.4, -0.2) is 29.3 Å². The van der Waals surface area contributed by atoms with Crippen molar-refractivity contribution in [3.8, 4) is 17.1 Å². The molecule has 0 bridgehead atoms. The quantitative estimate of drug-likeness (QED) is 0.416. The van der Waals surface area contributed by atoms with Crippen molar-refractivity contribution in [3.05, 3.63) is 90.0 Å². The highest BCUT2D eigenvalue weighted by molar-refractivity contribution is 7.98. The molecule has 1 aliphatic heterocycles. The second kappa shape index (κ2) is 8.88. The Kier molecular flexibility index (Phi) is 5.64. The van der Waals surface area contributed by atoms with Crippen LogP contribution in [-0.2, 0) is 5.75 Å². The zero-order valence-electron chi connectivity index (χ0n) is 17.9. The lowest BCUT2D eigenvalue weighted by Gasteiger charge is -2.20. The number of hydrogen-bond acceptors (Lipinski definition) is 7. The minimum atomic E-state index is -0.391. The summed E-state index contributed by atoms with van der Waals surface area (Å²) in [5.74, 6) is 1.25. The molecule has 4 aromatic rings. The number of fused-ring (bicyclic) bond motifs is 3. The van der Waals surface area contributed by atoms with Gasteiger partial charge in [0.2, 0.25) is 11.0 Å². The zero-order valence-corrected chi connectivity index (χ0v) is 18.7. The molecule has 1 aliphatic rings. The fraction of sp³-hybridized carbons (Fsp3) is 0.160. The molecule has 0 aliphatic carbocycles. The Bertz CT molecular complexity index is 1210. The van der Waals surface area contributed by atoms with Gasteiger partial charge in [0.15, 0.2) is 11.9 Å². The van der Waals surface area contributed by atoms with E-state index >= 15 is 0 Å². The molecule has 32 heavy (non-hydrogen) atoms. The average Bonchev–Trinajstić information content (AvgIpc) is 3.00. The van der Waals surface area contributed by atoms with Gasteiger partial charge < -0.3 is 15.0 Å². The van der Waals surface area contributed by atoms with Gasteiger partial charge in [-0.05, 0) is 23.8 Å². The Morgan fingerprint density at radius 3 is 2.44 bits per heavy atom. The van der Waals surface area contributed by atoms with Crippen LogP contribution in [0.5, 0.6) is 5.88 Å². The van der Waals surface area contributed by atoms with Crippen LogP contribution in [0.15, 0.2) is 84.0 Å². The number of para-hydroxylation sites is 1. The molecule has 5 rings (SSSR count). The van der Waals surface area contributed by atoms with Crippen LogP contribution in [0.3, 0.4) is 0 Å². The summed E-state index contributed by atoms with van der Waals surface area (Å²) in [6.45, 7) is 0. The summed E-state index contributed by atoms with van der Waals surface area (Å²) in [6, 6.07) is 26.6. The third-order valence-electron chi connectivity index (χ3n) is 5.26. The van der Waals surface area contributed by atoms with Gasteiger partial charge in [-0.1, -0.05) is 72.4 Å². The lowest BCUT2D eigenvalue weighted by Crippen LogP contribution is -2.17. The number of nitrogens with one attached hydrogen (secondary N) is 1. The van der Waals surface area contributed by atoms with Crippen molar-refractivity contribution in [2.75, 3.05) is 24.3 Å². The van der Waals surface area contributed by atoms with Gasteiger partial charge in [0.1, 0.15) is 0 Å². The number of thioether (sulfide) groups is 1. The molecule has 7 heteroatoms. The molecule has 0 fully saturated rings. The van der Waals surface area contributed by atoms with Crippen LogP contribution < -0.4 is 15.0 Å². The van der Waals surface area contributed by atoms with Gasteiger partial charge in [0, 0.05) is 42.3 Å². The summed E-state index contributed by atoms with van der Waals surface area (Å²) < 4.78 is 6.37. The summed E-state index contributed by atoms with van der Waals surface area (Å²) in [6.07, 6.45) is -0.391. The van der Waals surface area contributed by atoms with Crippen molar-refractivity contribution < 1.29 is 4.74 Å². The van der Waals surface area contributed by atoms with Crippen LogP contribution in [0, 0.1) is 0 Å². The molecule has 1 atom stereocenters. The Labute approximate surface area is 191 Å². The lowest BCUT2D eigenvalue weighted by atomic mass is 10.1. The number of benzene rings is 3. The molecule has 1 unspecified atom stereocenters. The van der Waals surface area contributed by atoms with E-state index in [2.05, 4.69) is 56.8 Å². The minimum absolute atomic E-state index is 0.391. The molecule has 6 nitrogen and oxygen atoms in total. The number of aromatic nitrogens is 3. The third-order valence-corrected chi connectivity index (χ3v) is 6.17. The molecule has 1 N–H and O–H groups in total. The maximum absolute atomic E-state index is 6.37. The van der Waals surface area contributed by atoms with Crippen LogP contribution >= 0.6 is 11.8 Å². The average molecular weight is 442 g/mol. The maximum Gasteiger partial charge on any atom is 0.247 e. The summed E-state index contributed by atoms with van der Waals surface area (Å²) in [4.78, 5) is 6.80. The second-order valence-corrected chi connectivity index (χ2v) is 8.64. The van der Waals surface area contributed by atoms with Crippen molar-refractivity contribution in [3.63, 3.8) is 0 Å². The van der Waals surface area contributed by atoms with Gasteiger partial charge in [-0.25, -0.2) is 0 Å². The summed E-state index contributed by atoms with van der Waals surface area (Å²) >= 11 is 1.55. The number of anilines is 2. The highest BCUT2D eigenvalue weighted by Gasteiger charge is 2.26. The van der Waals surface area contributed by atoms with Gasteiger partial charge in [-0.2, -0.15) is 4.98 Å². The molecule has 0 spiro atoms. The number of nitrogens with zero attached hydrogens (tertiary/aromatic N) is 4. The van der Waals surface area contributed by atoms with E-state index in [0.29, 0.717) is 16.7 Å². The van der Waals surface area contributed by atoms with Crippen molar-refractivity contribution in [1.29, 1.82) is 0 Å². The molecule has 3 aromatic carbocycles. The van der Waals surface area contributed by atoms with E-state index in [1.54, 1.807) is 11.8 Å². The van der Waals surface area contributed by atoms with Crippen LogP contribution in [0.4, 0.5) is 11.4 Å². The van der Waals surface area contributed by atoms with Gasteiger partial charge in [0.05, 0.1) is 0 Å². The smallest absolute Gasteiger partial charge is 0.247 e. The fourth-order valence-electron chi connectivity index (χ4n) is 3.53. The molecule has 0 radical (unpaired) electrons. The number of ether oxygens (including phenoxy) is 1.